The van der Waals surface area contributed by atoms with Gasteiger partial charge in [0.15, 0.2) is 0 Å². The van der Waals surface area contributed by atoms with Crippen LogP contribution in [0, 0.1) is 0 Å². The van der Waals surface area contributed by atoms with Crippen molar-refractivity contribution in [2.24, 2.45) is 5.73 Å². The van der Waals surface area contributed by atoms with Gasteiger partial charge in [0, 0.05) is 13.1 Å². The minimum absolute atomic E-state index is 0.296. The average Bonchev–Trinajstić information content (AvgIpc) is 2.47. The van der Waals surface area contributed by atoms with Crippen molar-refractivity contribution in [1.82, 2.24) is 4.90 Å². The van der Waals surface area contributed by atoms with Gasteiger partial charge in [0.25, 0.3) is 0 Å². The largest absolute Gasteiger partial charge is 0.481 e. The van der Waals surface area contributed by atoms with Gasteiger partial charge in [0.2, 0.25) is 5.91 Å². The first kappa shape index (κ1) is 14.3. The van der Waals surface area contributed by atoms with E-state index < -0.39 is 12.0 Å². The standard InChI is InChI=1S/C15H18N2O3/c16-13(10-14(18)19)15(20)17-8-6-12(7-9-17)11-4-2-1-3-5-11/h1-6,13H,7-10,16H2,(H,18,19). The zero-order valence-electron chi connectivity index (χ0n) is 11.2. The SMILES string of the molecule is NC(CC(=O)O)C(=O)N1CC=C(c2ccccc2)CC1. The lowest BCUT2D eigenvalue weighted by Crippen LogP contribution is -2.46. The summed E-state index contributed by atoms with van der Waals surface area (Å²) in [6.07, 6.45) is 2.43. The van der Waals surface area contributed by atoms with Gasteiger partial charge < -0.3 is 15.7 Å². The van der Waals surface area contributed by atoms with Gasteiger partial charge in [-0.2, -0.15) is 0 Å². The normalized spacial score (nSPS) is 16.4. The maximum absolute atomic E-state index is 12.0. The second-order valence-electron chi connectivity index (χ2n) is 4.83. The van der Waals surface area contributed by atoms with E-state index >= 15 is 0 Å². The van der Waals surface area contributed by atoms with E-state index in [1.165, 1.54) is 5.57 Å². The number of nitrogens with two attached hydrogens (primary N) is 1. The predicted molar refractivity (Wildman–Crippen MR) is 75.8 cm³/mol. The molecule has 3 N–H and O–H groups in total. The first-order chi connectivity index (χ1) is 9.58. The molecule has 5 heteroatoms. The van der Waals surface area contributed by atoms with Crippen molar-refractivity contribution in [2.75, 3.05) is 13.1 Å². The Labute approximate surface area is 117 Å². The van der Waals surface area contributed by atoms with Crippen LogP contribution in [0.15, 0.2) is 36.4 Å². The Hall–Kier alpha value is -2.14. The van der Waals surface area contributed by atoms with E-state index in [0.29, 0.717) is 13.1 Å². The van der Waals surface area contributed by atoms with Gasteiger partial charge in [-0.05, 0) is 17.6 Å². The van der Waals surface area contributed by atoms with Crippen molar-refractivity contribution in [2.45, 2.75) is 18.9 Å². The number of rotatable bonds is 4. The fourth-order valence-corrected chi connectivity index (χ4v) is 2.29. The van der Waals surface area contributed by atoms with Crippen LogP contribution in [0.1, 0.15) is 18.4 Å². The van der Waals surface area contributed by atoms with Crippen molar-refractivity contribution in [3.63, 3.8) is 0 Å². The highest BCUT2D eigenvalue weighted by Gasteiger charge is 2.24. The number of nitrogens with zero attached hydrogens (tertiary/aromatic N) is 1. The Kier molecular flexibility index (Phi) is 4.53. The summed E-state index contributed by atoms with van der Waals surface area (Å²) in [5, 5.41) is 8.66. The van der Waals surface area contributed by atoms with E-state index in [2.05, 4.69) is 0 Å². The van der Waals surface area contributed by atoms with Crippen molar-refractivity contribution in [3.05, 3.63) is 42.0 Å². The molecule has 1 amide bonds. The van der Waals surface area contributed by atoms with Crippen LogP contribution < -0.4 is 5.73 Å². The Morgan fingerprint density at radius 3 is 2.55 bits per heavy atom. The number of hydrogen-bond donors (Lipinski definition) is 2. The summed E-state index contributed by atoms with van der Waals surface area (Å²) in [7, 11) is 0. The second kappa shape index (κ2) is 6.34. The highest BCUT2D eigenvalue weighted by Crippen LogP contribution is 2.22. The predicted octanol–water partition coefficient (Wildman–Crippen LogP) is 1.10. The quantitative estimate of drug-likeness (QED) is 0.861. The van der Waals surface area contributed by atoms with Crippen molar-refractivity contribution >= 4 is 17.4 Å². The van der Waals surface area contributed by atoms with Crippen molar-refractivity contribution in [1.29, 1.82) is 0 Å². The fourth-order valence-electron chi connectivity index (χ4n) is 2.29. The molecule has 2 rings (SSSR count). The minimum Gasteiger partial charge on any atom is -0.481 e. The zero-order chi connectivity index (χ0) is 14.5. The molecule has 1 aromatic rings. The van der Waals surface area contributed by atoms with Gasteiger partial charge in [0.05, 0.1) is 12.5 Å². The number of carboxylic acids is 1. The highest BCUT2D eigenvalue weighted by molar-refractivity contribution is 5.86. The molecule has 0 spiro atoms. The number of carbonyl (C=O) groups excluding carboxylic acids is 1. The van der Waals surface area contributed by atoms with Crippen molar-refractivity contribution in [3.8, 4) is 0 Å². The lowest BCUT2D eigenvalue weighted by atomic mass is 9.99. The first-order valence-corrected chi connectivity index (χ1v) is 6.58. The van der Waals surface area contributed by atoms with Gasteiger partial charge in [0.1, 0.15) is 0 Å². The molecule has 0 saturated heterocycles. The average molecular weight is 274 g/mol. The van der Waals surface area contributed by atoms with Gasteiger partial charge in [-0.15, -0.1) is 0 Å². The Bertz CT molecular complexity index is 525. The van der Waals surface area contributed by atoms with Crippen molar-refractivity contribution < 1.29 is 14.7 Å². The lowest BCUT2D eigenvalue weighted by molar-refractivity contribution is -0.141. The molecule has 106 valence electrons. The van der Waals surface area contributed by atoms with Gasteiger partial charge in [-0.3, -0.25) is 9.59 Å². The van der Waals surface area contributed by atoms with Crippen LogP contribution in [-0.2, 0) is 9.59 Å². The van der Waals surface area contributed by atoms with Gasteiger partial charge in [-0.25, -0.2) is 0 Å². The molecule has 0 aliphatic carbocycles. The Morgan fingerprint density at radius 1 is 1.30 bits per heavy atom. The molecule has 0 bridgehead atoms. The highest BCUT2D eigenvalue weighted by atomic mass is 16.4. The summed E-state index contributed by atoms with van der Waals surface area (Å²) in [6.45, 7) is 1.06. The molecular weight excluding hydrogens is 256 g/mol. The van der Waals surface area contributed by atoms with E-state index in [0.717, 1.165) is 12.0 Å². The number of carbonyl (C=O) groups is 2. The van der Waals surface area contributed by atoms with Crippen LogP contribution in [-0.4, -0.2) is 41.0 Å². The summed E-state index contributed by atoms with van der Waals surface area (Å²) in [5.41, 5.74) is 7.97. The molecule has 0 saturated carbocycles. The molecular formula is C15H18N2O3. The number of aliphatic carboxylic acids is 1. The molecule has 0 fully saturated rings. The number of amides is 1. The summed E-state index contributed by atoms with van der Waals surface area (Å²) in [6, 6.07) is 9.05. The van der Waals surface area contributed by atoms with Gasteiger partial charge in [-0.1, -0.05) is 36.4 Å². The van der Waals surface area contributed by atoms with E-state index in [9.17, 15) is 9.59 Å². The molecule has 0 radical (unpaired) electrons. The van der Waals surface area contributed by atoms with Crippen LogP contribution >= 0.6 is 0 Å². The molecule has 20 heavy (non-hydrogen) atoms. The number of benzene rings is 1. The Morgan fingerprint density at radius 2 is 2.00 bits per heavy atom. The molecule has 1 heterocycles. The third-order valence-electron chi connectivity index (χ3n) is 3.38. The van der Waals surface area contributed by atoms with Gasteiger partial charge >= 0.3 is 5.97 Å². The fraction of sp³-hybridized carbons (Fsp3) is 0.333. The van der Waals surface area contributed by atoms with E-state index in [1.807, 2.05) is 36.4 Å². The summed E-state index contributed by atoms with van der Waals surface area (Å²) >= 11 is 0. The second-order valence-corrected chi connectivity index (χ2v) is 4.83. The summed E-state index contributed by atoms with van der Waals surface area (Å²) in [5.74, 6) is -1.35. The monoisotopic (exact) mass is 274 g/mol. The zero-order valence-corrected chi connectivity index (χ0v) is 11.2. The molecule has 0 aromatic heterocycles. The molecule has 5 nitrogen and oxygen atoms in total. The molecule has 1 atom stereocenters. The van der Waals surface area contributed by atoms with E-state index in [-0.39, 0.29) is 12.3 Å². The number of carboxylic acid groups (broad SMARTS) is 1. The topological polar surface area (TPSA) is 83.6 Å². The van der Waals surface area contributed by atoms with E-state index in [1.54, 1.807) is 4.90 Å². The van der Waals surface area contributed by atoms with Crippen LogP contribution in [0.25, 0.3) is 5.57 Å². The van der Waals surface area contributed by atoms with Crippen LogP contribution in [0.5, 0.6) is 0 Å². The lowest BCUT2D eigenvalue weighted by Gasteiger charge is -2.28. The van der Waals surface area contributed by atoms with E-state index in [4.69, 9.17) is 10.8 Å². The van der Waals surface area contributed by atoms with Crippen LogP contribution in [0.3, 0.4) is 0 Å². The molecule has 1 unspecified atom stereocenters. The Balaban J connectivity index is 1.98. The number of hydrogen-bond acceptors (Lipinski definition) is 3. The maximum Gasteiger partial charge on any atom is 0.305 e. The first-order valence-electron chi connectivity index (χ1n) is 6.58. The minimum atomic E-state index is -1.05. The maximum atomic E-state index is 12.0. The smallest absolute Gasteiger partial charge is 0.305 e. The molecule has 1 aliphatic heterocycles. The third-order valence-corrected chi connectivity index (χ3v) is 3.38. The van der Waals surface area contributed by atoms with Crippen LogP contribution in [0.2, 0.25) is 0 Å². The summed E-state index contributed by atoms with van der Waals surface area (Å²) in [4.78, 5) is 24.2. The van der Waals surface area contributed by atoms with Crippen LogP contribution in [0.4, 0.5) is 0 Å². The third kappa shape index (κ3) is 3.45. The summed E-state index contributed by atoms with van der Waals surface area (Å²) < 4.78 is 0. The molecule has 1 aromatic carbocycles. The molecule has 1 aliphatic rings.